The van der Waals surface area contributed by atoms with E-state index >= 15 is 0 Å². The molecule has 2 aliphatic rings. The Morgan fingerprint density at radius 1 is 1.26 bits per heavy atom. The van der Waals surface area contributed by atoms with Gasteiger partial charge in [0.2, 0.25) is 11.8 Å². The van der Waals surface area contributed by atoms with Gasteiger partial charge in [0, 0.05) is 37.4 Å². The smallest absolute Gasteiger partial charge is 0.227 e. The molecule has 0 spiro atoms. The summed E-state index contributed by atoms with van der Waals surface area (Å²) < 4.78 is 5.24. The molecular formula is C17H28N4O2. The summed E-state index contributed by atoms with van der Waals surface area (Å²) in [4.78, 5) is 21.5. The summed E-state index contributed by atoms with van der Waals surface area (Å²) in [6.07, 6.45) is 5.73. The van der Waals surface area contributed by atoms with Gasteiger partial charge in [-0.05, 0) is 39.3 Å². The fourth-order valence-corrected chi connectivity index (χ4v) is 3.89. The normalized spacial score (nSPS) is 25.7. The molecule has 1 aromatic heterocycles. The van der Waals surface area contributed by atoms with Crippen molar-refractivity contribution in [1.29, 1.82) is 0 Å². The number of amides is 1. The Labute approximate surface area is 138 Å². The molecule has 0 unspecified atom stereocenters. The molecule has 23 heavy (non-hydrogen) atoms. The minimum atomic E-state index is 0.233. The molecule has 128 valence electrons. The second-order valence-corrected chi connectivity index (χ2v) is 7.19. The number of aromatic nitrogens is 2. The van der Waals surface area contributed by atoms with Gasteiger partial charge in [0.1, 0.15) is 0 Å². The largest absolute Gasteiger partial charge is 0.339 e. The van der Waals surface area contributed by atoms with Crippen LogP contribution < -0.4 is 0 Å². The van der Waals surface area contributed by atoms with E-state index in [4.69, 9.17) is 4.52 Å². The van der Waals surface area contributed by atoms with Gasteiger partial charge in [0.25, 0.3) is 0 Å². The van der Waals surface area contributed by atoms with E-state index < -0.39 is 0 Å². The molecule has 2 aliphatic heterocycles. The van der Waals surface area contributed by atoms with Crippen LogP contribution in [0.2, 0.25) is 0 Å². The lowest BCUT2D eigenvalue weighted by molar-refractivity contribution is -0.133. The molecule has 0 saturated carbocycles. The van der Waals surface area contributed by atoms with Crippen molar-refractivity contribution < 1.29 is 9.32 Å². The maximum atomic E-state index is 12.7. The van der Waals surface area contributed by atoms with E-state index in [-0.39, 0.29) is 11.8 Å². The summed E-state index contributed by atoms with van der Waals surface area (Å²) in [6, 6.07) is 0.932. The van der Waals surface area contributed by atoms with E-state index in [1.165, 1.54) is 12.8 Å². The first kappa shape index (κ1) is 16.4. The number of carbonyl (C=O) groups excluding carboxylic acids is 1. The summed E-state index contributed by atoms with van der Waals surface area (Å²) in [6.45, 7) is 6.12. The number of rotatable bonds is 5. The van der Waals surface area contributed by atoms with Crippen molar-refractivity contribution in [3.05, 3.63) is 11.7 Å². The number of likely N-dealkylation sites (tertiary alicyclic amines) is 2. The second kappa shape index (κ2) is 6.99. The molecule has 0 N–H and O–H groups in total. The molecule has 2 fully saturated rings. The van der Waals surface area contributed by atoms with Crippen LogP contribution in [0, 0.1) is 0 Å². The zero-order valence-electron chi connectivity index (χ0n) is 14.5. The summed E-state index contributed by atoms with van der Waals surface area (Å²) in [5, 5.41) is 3.96. The number of aryl methyl sites for hydroxylation is 1. The van der Waals surface area contributed by atoms with Gasteiger partial charge in [0.15, 0.2) is 5.82 Å². The Morgan fingerprint density at radius 2 is 2.00 bits per heavy atom. The molecule has 0 radical (unpaired) electrons. The van der Waals surface area contributed by atoms with Crippen molar-refractivity contribution in [2.75, 3.05) is 20.1 Å². The maximum absolute atomic E-state index is 12.7. The molecule has 6 nitrogen and oxygen atoms in total. The first-order chi connectivity index (χ1) is 11.1. The third-order valence-electron chi connectivity index (χ3n) is 5.19. The Balaban J connectivity index is 1.56. The van der Waals surface area contributed by atoms with E-state index in [1.807, 2.05) is 13.8 Å². The fourth-order valence-electron chi connectivity index (χ4n) is 3.89. The van der Waals surface area contributed by atoms with Crippen LogP contribution in [-0.4, -0.2) is 58.1 Å². The summed E-state index contributed by atoms with van der Waals surface area (Å²) >= 11 is 0. The second-order valence-electron chi connectivity index (χ2n) is 7.19. The van der Waals surface area contributed by atoms with Crippen LogP contribution in [-0.2, 0) is 11.2 Å². The van der Waals surface area contributed by atoms with Crippen molar-refractivity contribution in [3.8, 4) is 0 Å². The molecule has 1 aromatic rings. The summed E-state index contributed by atoms with van der Waals surface area (Å²) in [5.41, 5.74) is 0. The monoisotopic (exact) mass is 320 g/mol. The minimum Gasteiger partial charge on any atom is -0.339 e. The zero-order valence-corrected chi connectivity index (χ0v) is 14.5. The standard InChI is InChI=1S/C17H28N4O2/c1-12(2)17-18-15(23-19-17)8-9-16(22)21-11-5-7-14(21)13-6-4-10-20(13)3/h12-14H,4-11H2,1-3H3/t13-,14+/m1/s1. The SMILES string of the molecule is CC(C)c1noc(CCC(=O)N2CCC[C@H]2[C@H]2CCCN2C)n1. The number of hydrogen-bond acceptors (Lipinski definition) is 5. The highest BCUT2D eigenvalue weighted by atomic mass is 16.5. The van der Waals surface area contributed by atoms with Crippen LogP contribution in [0.3, 0.4) is 0 Å². The molecule has 6 heteroatoms. The Kier molecular flexibility index (Phi) is 4.99. The quantitative estimate of drug-likeness (QED) is 0.832. The van der Waals surface area contributed by atoms with Crippen molar-refractivity contribution in [3.63, 3.8) is 0 Å². The highest BCUT2D eigenvalue weighted by Crippen LogP contribution is 2.29. The zero-order chi connectivity index (χ0) is 16.4. The molecular weight excluding hydrogens is 292 g/mol. The van der Waals surface area contributed by atoms with E-state index in [0.29, 0.717) is 30.8 Å². The van der Waals surface area contributed by atoms with Crippen LogP contribution >= 0.6 is 0 Å². The molecule has 2 atom stereocenters. The average Bonchev–Trinajstić information content (AvgIpc) is 3.24. The van der Waals surface area contributed by atoms with Gasteiger partial charge in [-0.2, -0.15) is 4.98 Å². The van der Waals surface area contributed by atoms with Gasteiger partial charge in [-0.3, -0.25) is 4.79 Å². The van der Waals surface area contributed by atoms with Gasteiger partial charge >= 0.3 is 0 Å². The Bertz CT molecular complexity index is 542. The molecule has 0 bridgehead atoms. The maximum Gasteiger partial charge on any atom is 0.227 e. The van der Waals surface area contributed by atoms with E-state index in [0.717, 1.165) is 31.8 Å². The first-order valence-corrected chi connectivity index (χ1v) is 8.88. The van der Waals surface area contributed by atoms with Crippen LogP contribution in [0.1, 0.15) is 63.6 Å². The van der Waals surface area contributed by atoms with Crippen molar-refractivity contribution >= 4 is 5.91 Å². The molecule has 3 rings (SSSR count). The predicted octanol–water partition coefficient (Wildman–Crippen LogP) is 2.21. The highest BCUT2D eigenvalue weighted by molar-refractivity contribution is 5.77. The highest BCUT2D eigenvalue weighted by Gasteiger charge is 2.38. The van der Waals surface area contributed by atoms with Crippen molar-refractivity contribution in [1.82, 2.24) is 19.9 Å². The predicted molar refractivity (Wildman–Crippen MR) is 87.1 cm³/mol. The lowest BCUT2D eigenvalue weighted by Crippen LogP contribution is -2.47. The van der Waals surface area contributed by atoms with E-state index in [9.17, 15) is 4.79 Å². The third-order valence-corrected chi connectivity index (χ3v) is 5.19. The van der Waals surface area contributed by atoms with Crippen LogP contribution in [0.4, 0.5) is 0 Å². The number of likely N-dealkylation sites (N-methyl/N-ethyl adjacent to an activating group) is 1. The molecule has 3 heterocycles. The minimum absolute atomic E-state index is 0.233. The van der Waals surface area contributed by atoms with Crippen LogP contribution in [0.25, 0.3) is 0 Å². The molecule has 0 aliphatic carbocycles. The van der Waals surface area contributed by atoms with Gasteiger partial charge in [-0.1, -0.05) is 19.0 Å². The number of hydrogen-bond donors (Lipinski definition) is 0. The average molecular weight is 320 g/mol. The van der Waals surface area contributed by atoms with Gasteiger partial charge in [0.05, 0.1) is 0 Å². The summed E-state index contributed by atoms with van der Waals surface area (Å²) in [5.74, 6) is 1.79. The van der Waals surface area contributed by atoms with Gasteiger partial charge < -0.3 is 14.3 Å². The molecule has 0 aromatic carbocycles. The fraction of sp³-hybridized carbons (Fsp3) is 0.824. The molecule has 1 amide bonds. The van der Waals surface area contributed by atoms with Crippen molar-refractivity contribution in [2.24, 2.45) is 0 Å². The number of carbonyl (C=O) groups is 1. The lowest BCUT2D eigenvalue weighted by Gasteiger charge is -2.33. The van der Waals surface area contributed by atoms with E-state index in [1.54, 1.807) is 0 Å². The van der Waals surface area contributed by atoms with E-state index in [2.05, 4.69) is 27.0 Å². The first-order valence-electron chi connectivity index (χ1n) is 8.88. The lowest BCUT2D eigenvalue weighted by atomic mass is 10.0. The third kappa shape index (κ3) is 3.57. The van der Waals surface area contributed by atoms with Crippen LogP contribution in [0.5, 0.6) is 0 Å². The van der Waals surface area contributed by atoms with Crippen molar-refractivity contribution in [2.45, 2.75) is 70.4 Å². The number of nitrogens with zero attached hydrogens (tertiary/aromatic N) is 4. The van der Waals surface area contributed by atoms with Gasteiger partial charge in [-0.25, -0.2) is 0 Å². The van der Waals surface area contributed by atoms with Gasteiger partial charge in [-0.15, -0.1) is 0 Å². The molecule has 2 saturated heterocycles. The van der Waals surface area contributed by atoms with Crippen LogP contribution in [0.15, 0.2) is 4.52 Å². The Morgan fingerprint density at radius 3 is 2.65 bits per heavy atom. The Hall–Kier alpha value is -1.43. The summed E-state index contributed by atoms with van der Waals surface area (Å²) in [7, 11) is 2.19. The topological polar surface area (TPSA) is 62.5 Å².